The zero-order valence-electron chi connectivity index (χ0n) is 24.7. The minimum absolute atomic E-state index is 0.119. The van der Waals surface area contributed by atoms with E-state index in [-0.39, 0.29) is 17.1 Å². The summed E-state index contributed by atoms with van der Waals surface area (Å²) in [5.41, 5.74) is 0.623. The number of carbonyl (C=O) groups excluding carboxylic acids is 3. The lowest BCUT2D eigenvalue weighted by Crippen LogP contribution is -2.48. The third kappa shape index (κ3) is 8.31. The Bertz CT molecular complexity index is 1100. The van der Waals surface area contributed by atoms with Crippen LogP contribution in [0.1, 0.15) is 96.3 Å². The first-order valence-corrected chi connectivity index (χ1v) is 14.6. The largest absolute Gasteiger partial charge is 0.376 e. The number of carbonyl (C=O) groups is 3. The third-order valence-corrected chi connectivity index (χ3v) is 7.76. The second-order valence-corrected chi connectivity index (χ2v) is 10.6. The Morgan fingerprint density at radius 3 is 2.12 bits per heavy atom. The van der Waals surface area contributed by atoms with Gasteiger partial charge in [-0.1, -0.05) is 78.4 Å². The molecule has 1 heterocycles. The van der Waals surface area contributed by atoms with Gasteiger partial charge in [-0.3, -0.25) is 19.3 Å². The Hall–Kier alpha value is -3.38. The van der Waals surface area contributed by atoms with Crippen LogP contribution < -0.4 is 0 Å². The van der Waals surface area contributed by atoms with E-state index in [1.165, 1.54) is 6.92 Å². The number of aliphatic hydroxyl groups is 1. The zero-order chi connectivity index (χ0) is 29.7. The van der Waals surface area contributed by atoms with Crippen molar-refractivity contribution in [2.75, 3.05) is 19.8 Å². The molecule has 3 atom stereocenters. The molecule has 9 nitrogen and oxygen atoms in total. The summed E-state index contributed by atoms with van der Waals surface area (Å²) in [7, 11) is 0. The Balaban J connectivity index is 2.44. The molecule has 218 valence electrons. The van der Waals surface area contributed by atoms with Crippen LogP contribution >= 0.6 is 0 Å². The SMILES string of the molecule is CCCCC(CC)CN(CC(CC)CCCC)C(=O)c1ccccc1/N=N/C1C(=O)N(CO)C(=O)C(C#N)=C1C. The quantitative estimate of drug-likeness (QED) is 0.194. The summed E-state index contributed by atoms with van der Waals surface area (Å²) in [5.74, 6) is -0.929. The smallest absolute Gasteiger partial charge is 0.273 e. The van der Waals surface area contributed by atoms with Crippen molar-refractivity contribution in [3.05, 3.63) is 41.0 Å². The number of imide groups is 1. The van der Waals surface area contributed by atoms with Gasteiger partial charge in [0.15, 0.2) is 6.04 Å². The monoisotopic (exact) mass is 551 g/mol. The molecule has 3 amide bonds. The van der Waals surface area contributed by atoms with Crippen molar-refractivity contribution in [1.82, 2.24) is 9.80 Å². The van der Waals surface area contributed by atoms with Crippen molar-refractivity contribution in [1.29, 1.82) is 5.26 Å². The Morgan fingerprint density at radius 2 is 1.62 bits per heavy atom. The predicted octanol–water partition coefficient (Wildman–Crippen LogP) is 6.17. The topological polar surface area (TPSA) is 126 Å². The average molecular weight is 552 g/mol. The molecule has 3 unspecified atom stereocenters. The van der Waals surface area contributed by atoms with E-state index in [1.807, 2.05) is 4.90 Å². The van der Waals surface area contributed by atoms with E-state index >= 15 is 0 Å². The lowest BCUT2D eigenvalue weighted by molar-refractivity contribution is -0.148. The van der Waals surface area contributed by atoms with Crippen LogP contribution in [0.2, 0.25) is 0 Å². The van der Waals surface area contributed by atoms with Gasteiger partial charge in [0.2, 0.25) is 0 Å². The fourth-order valence-corrected chi connectivity index (χ4v) is 5.01. The number of nitrogens with zero attached hydrogens (tertiary/aromatic N) is 5. The van der Waals surface area contributed by atoms with Crippen LogP contribution in [0.5, 0.6) is 0 Å². The molecule has 1 aromatic carbocycles. The second-order valence-electron chi connectivity index (χ2n) is 10.6. The molecule has 0 radical (unpaired) electrons. The lowest BCUT2D eigenvalue weighted by Gasteiger charge is -2.31. The molecule has 1 aliphatic rings. The number of aliphatic hydroxyl groups excluding tert-OH is 1. The maximum atomic E-state index is 14.1. The first kappa shape index (κ1) is 32.8. The molecule has 0 spiro atoms. The molecule has 0 fully saturated rings. The van der Waals surface area contributed by atoms with Crippen LogP contribution in [0.25, 0.3) is 0 Å². The van der Waals surface area contributed by atoms with E-state index in [1.54, 1.807) is 30.3 Å². The van der Waals surface area contributed by atoms with Crippen LogP contribution in [-0.4, -0.2) is 58.5 Å². The van der Waals surface area contributed by atoms with Crippen molar-refractivity contribution < 1.29 is 19.5 Å². The van der Waals surface area contributed by atoms with Crippen molar-refractivity contribution in [2.24, 2.45) is 22.1 Å². The van der Waals surface area contributed by atoms with Gasteiger partial charge in [-0.2, -0.15) is 15.5 Å². The summed E-state index contributed by atoms with van der Waals surface area (Å²) >= 11 is 0. The Labute approximate surface area is 238 Å². The molecule has 0 aromatic heterocycles. The van der Waals surface area contributed by atoms with Crippen molar-refractivity contribution in [3.63, 3.8) is 0 Å². The molecule has 9 heteroatoms. The molecule has 40 heavy (non-hydrogen) atoms. The van der Waals surface area contributed by atoms with Gasteiger partial charge in [-0.05, 0) is 49.3 Å². The van der Waals surface area contributed by atoms with Gasteiger partial charge in [0.05, 0.1) is 11.3 Å². The average Bonchev–Trinajstić information content (AvgIpc) is 2.96. The molecule has 1 N–H and O–H groups in total. The Kier molecular flexibility index (Phi) is 13.7. The van der Waals surface area contributed by atoms with Gasteiger partial charge < -0.3 is 10.0 Å². The highest BCUT2D eigenvalue weighted by molar-refractivity contribution is 6.12. The number of azo groups is 1. The normalized spacial score (nSPS) is 17.3. The van der Waals surface area contributed by atoms with Crippen LogP contribution in [0.4, 0.5) is 5.69 Å². The van der Waals surface area contributed by atoms with Gasteiger partial charge in [0.1, 0.15) is 18.4 Å². The molecular weight excluding hydrogens is 506 g/mol. The maximum Gasteiger partial charge on any atom is 0.273 e. The highest BCUT2D eigenvalue weighted by Crippen LogP contribution is 2.28. The molecule has 0 aliphatic carbocycles. The van der Waals surface area contributed by atoms with Gasteiger partial charge >= 0.3 is 0 Å². The molecule has 1 aromatic rings. The summed E-state index contributed by atoms with van der Waals surface area (Å²) in [6.07, 6.45) is 8.60. The minimum atomic E-state index is -1.24. The minimum Gasteiger partial charge on any atom is -0.376 e. The molecular formula is C31H45N5O4. The summed E-state index contributed by atoms with van der Waals surface area (Å²) < 4.78 is 0. The molecule has 2 rings (SSSR count). The molecule has 0 bridgehead atoms. The van der Waals surface area contributed by atoms with Gasteiger partial charge in [-0.15, -0.1) is 0 Å². The van der Waals surface area contributed by atoms with Crippen LogP contribution in [-0.2, 0) is 9.59 Å². The van der Waals surface area contributed by atoms with Gasteiger partial charge in [0.25, 0.3) is 17.7 Å². The van der Waals surface area contributed by atoms with Crippen molar-refractivity contribution in [3.8, 4) is 6.07 Å². The fraction of sp³-hybridized carbons (Fsp3) is 0.613. The first-order valence-electron chi connectivity index (χ1n) is 14.6. The van der Waals surface area contributed by atoms with E-state index in [0.717, 1.165) is 51.4 Å². The molecule has 0 saturated carbocycles. The molecule has 0 saturated heterocycles. The predicted molar refractivity (Wildman–Crippen MR) is 155 cm³/mol. The number of rotatable bonds is 16. The van der Waals surface area contributed by atoms with Gasteiger partial charge in [-0.25, -0.2) is 0 Å². The van der Waals surface area contributed by atoms with Gasteiger partial charge in [0, 0.05) is 13.1 Å². The van der Waals surface area contributed by atoms with E-state index in [0.29, 0.717) is 41.1 Å². The molecule has 1 aliphatic heterocycles. The summed E-state index contributed by atoms with van der Waals surface area (Å²) in [6.45, 7) is 10.7. The number of amides is 3. The number of hydrogen-bond donors (Lipinski definition) is 1. The van der Waals surface area contributed by atoms with Crippen molar-refractivity contribution in [2.45, 2.75) is 92.0 Å². The van der Waals surface area contributed by atoms with Crippen LogP contribution in [0.3, 0.4) is 0 Å². The van der Waals surface area contributed by atoms with E-state index in [2.05, 4.69) is 37.9 Å². The van der Waals surface area contributed by atoms with Crippen LogP contribution in [0.15, 0.2) is 45.6 Å². The summed E-state index contributed by atoms with van der Waals surface area (Å²) in [4.78, 5) is 41.8. The second kappa shape index (κ2) is 16.7. The fourth-order valence-electron chi connectivity index (χ4n) is 5.01. The highest BCUT2D eigenvalue weighted by Gasteiger charge is 2.39. The standard InChI is InChI=1S/C31H45N5O4/c1-6-10-14-23(8-3)19-35(20-24(9-4)15-11-7-2)29(38)25-16-12-13-17-27(25)33-34-28-22(5)26(18-32)30(39)36(21-37)31(28)40/h12-13,16-17,23-24,28,37H,6-11,14-15,19-21H2,1-5H3/b34-33+. The highest BCUT2D eigenvalue weighted by atomic mass is 16.3. The van der Waals surface area contributed by atoms with E-state index in [4.69, 9.17) is 0 Å². The van der Waals surface area contributed by atoms with E-state index in [9.17, 15) is 24.8 Å². The number of unbranched alkanes of at least 4 members (excludes halogenated alkanes) is 2. The summed E-state index contributed by atoms with van der Waals surface area (Å²) in [5, 5.41) is 27.4. The third-order valence-electron chi connectivity index (χ3n) is 7.76. The number of benzene rings is 1. The maximum absolute atomic E-state index is 14.1. The summed E-state index contributed by atoms with van der Waals surface area (Å²) in [6, 6.07) is 7.48. The van der Waals surface area contributed by atoms with Crippen LogP contribution in [0, 0.1) is 23.2 Å². The van der Waals surface area contributed by atoms with Crippen molar-refractivity contribution >= 4 is 23.4 Å². The van der Waals surface area contributed by atoms with E-state index < -0.39 is 24.6 Å². The zero-order valence-corrected chi connectivity index (χ0v) is 24.7. The number of hydrogen-bond acceptors (Lipinski definition) is 7. The first-order chi connectivity index (χ1) is 19.3. The Morgan fingerprint density at radius 1 is 1.05 bits per heavy atom. The lowest BCUT2D eigenvalue weighted by atomic mass is 9.95. The number of nitriles is 1.